The zero-order valence-corrected chi connectivity index (χ0v) is 13.9. The first-order chi connectivity index (χ1) is 12.1. The van der Waals surface area contributed by atoms with Gasteiger partial charge in [0.25, 0.3) is 5.91 Å². The number of anilines is 1. The van der Waals surface area contributed by atoms with Crippen LogP contribution in [-0.4, -0.2) is 11.0 Å². The molecule has 0 fully saturated rings. The Bertz CT molecular complexity index is 897. The molecule has 0 atom stereocenters. The van der Waals surface area contributed by atoms with Gasteiger partial charge >= 0.3 is 0 Å². The zero-order chi connectivity index (χ0) is 17.6. The number of hydrogen-bond acceptors (Lipinski definition) is 2. The lowest BCUT2D eigenvalue weighted by molar-refractivity contribution is 0.102. The maximum absolute atomic E-state index is 12.3. The molecule has 0 aliphatic carbocycles. The summed E-state index contributed by atoms with van der Waals surface area (Å²) in [6.45, 7) is 1.97. The van der Waals surface area contributed by atoms with Gasteiger partial charge in [-0.1, -0.05) is 54.6 Å². The summed E-state index contributed by atoms with van der Waals surface area (Å²) < 4.78 is 0. The summed E-state index contributed by atoms with van der Waals surface area (Å²) in [5.41, 5.74) is 4.41. The van der Waals surface area contributed by atoms with Gasteiger partial charge in [0, 0.05) is 11.3 Å². The van der Waals surface area contributed by atoms with Crippen molar-refractivity contribution in [3.05, 3.63) is 95.1 Å². The van der Waals surface area contributed by atoms with E-state index in [1.165, 1.54) is 0 Å². The highest BCUT2D eigenvalue weighted by molar-refractivity contribution is 6.04. The van der Waals surface area contributed by atoms with Crippen molar-refractivity contribution >= 4 is 23.7 Å². The molecular formula is C22H19NO2. The van der Waals surface area contributed by atoms with Gasteiger partial charge in [0.1, 0.15) is 5.75 Å². The molecule has 0 saturated carbocycles. The van der Waals surface area contributed by atoms with Crippen LogP contribution in [0, 0.1) is 6.92 Å². The number of hydrogen-bond donors (Lipinski definition) is 2. The molecule has 3 aromatic rings. The summed E-state index contributed by atoms with van der Waals surface area (Å²) in [5, 5.41) is 12.3. The van der Waals surface area contributed by atoms with E-state index in [1.54, 1.807) is 24.3 Å². The van der Waals surface area contributed by atoms with Crippen molar-refractivity contribution in [1.29, 1.82) is 0 Å². The SMILES string of the molecule is Cc1ccc(/C=C/c2ccc(O)cc2)cc1NC(=O)c1ccccc1. The first kappa shape index (κ1) is 16.5. The maximum Gasteiger partial charge on any atom is 0.255 e. The number of phenolic OH excluding ortho intramolecular Hbond substituents is 1. The van der Waals surface area contributed by atoms with E-state index in [0.717, 1.165) is 22.4 Å². The van der Waals surface area contributed by atoms with E-state index < -0.39 is 0 Å². The lowest BCUT2D eigenvalue weighted by Gasteiger charge is -2.09. The highest BCUT2D eigenvalue weighted by atomic mass is 16.3. The minimum Gasteiger partial charge on any atom is -0.508 e. The van der Waals surface area contributed by atoms with E-state index in [-0.39, 0.29) is 11.7 Å². The van der Waals surface area contributed by atoms with Crippen LogP contribution < -0.4 is 5.32 Å². The number of phenols is 1. The Kier molecular flexibility index (Phi) is 4.95. The quantitative estimate of drug-likeness (QED) is 0.652. The normalized spacial score (nSPS) is 10.8. The minimum atomic E-state index is -0.122. The molecule has 1 amide bonds. The monoisotopic (exact) mass is 329 g/mol. The van der Waals surface area contributed by atoms with E-state index in [1.807, 2.05) is 67.6 Å². The molecule has 0 aromatic heterocycles. The van der Waals surface area contributed by atoms with Crippen molar-refractivity contribution in [2.75, 3.05) is 5.32 Å². The number of aromatic hydroxyl groups is 1. The third-order valence-corrected chi connectivity index (χ3v) is 3.91. The maximum atomic E-state index is 12.3. The summed E-state index contributed by atoms with van der Waals surface area (Å²) >= 11 is 0. The number of benzene rings is 3. The molecule has 124 valence electrons. The number of nitrogens with one attached hydrogen (secondary N) is 1. The van der Waals surface area contributed by atoms with Gasteiger partial charge in [-0.15, -0.1) is 0 Å². The molecule has 2 N–H and O–H groups in total. The molecule has 3 heteroatoms. The smallest absolute Gasteiger partial charge is 0.255 e. The van der Waals surface area contributed by atoms with Crippen LogP contribution in [0.2, 0.25) is 0 Å². The fraction of sp³-hybridized carbons (Fsp3) is 0.0455. The van der Waals surface area contributed by atoms with E-state index in [9.17, 15) is 9.90 Å². The first-order valence-corrected chi connectivity index (χ1v) is 8.06. The molecule has 0 aliphatic heterocycles. The van der Waals surface area contributed by atoms with Crippen molar-refractivity contribution in [3.63, 3.8) is 0 Å². The average Bonchev–Trinajstić information content (AvgIpc) is 2.64. The second kappa shape index (κ2) is 7.49. The second-order valence-electron chi connectivity index (χ2n) is 5.82. The molecule has 0 saturated heterocycles. The summed E-state index contributed by atoms with van der Waals surface area (Å²) in [7, 11) is 0. The van der Waals surface area contributed by atoms with Gasteiger partial charge in [0.2, 0.25) is 0 Å². The van der Waals surface area contributed by atoms with E-state index in [2.05, 4.69) is 5.32 Å². The van der Waals surface area contributed by atoms with Gasteiger partial charge in [-0.05, 0) is 53.9 Å². The topological polar surface area (TPSA) is 49.3 Å². The van der Waals surface area contributed by atoms with Gasteiger partial charge in [-0.2, -0.15) is 0 Å². The van der Waals surface area contributed by atoms with Crippen molar-refractivity contribution in [2.24, 2.45) is 0 Å². The Morgan fingerprint density at radius 2 is 1.52 bits per heavy atom. The fourth-order valence-corrected chi connectivity index (χ4v) is 2.44. The Labute approximate surface area is 147 Å². The van der Waals surface area contributed by atoms with Gasteiger partial charge < -0.3 is 10.4 Å². The third-order valence-electron chi connectivity index (χ3n) is 3.91. The van der Waals surface area contributed by atoms with E-state index in [4.69, 9.17) is 0 Å². The van der Waals surface area contributed by atoms with Crippen LogP contribution in [0.4, 0.5) is 5.69 Å². The van der Waals surface area contributed by atoms with E-state index in [0.29, 0.717) is 5.56 Å². The Morgan fingerprint density at radius 1 is 0.880 bits per heavy atom. The van der Waals surface area contributed by atoms with Gasteiger partial charge in [-0.3, -0.25) is 4.79 Å². The second-order valence-corrected chi connectivity index (χ2v) is 5.82. The van der Waals surface area contributed by atoms with E-state index >= 15 is 0 Å². The summed E-state index contributed by atoms with van der Waals surface area (Å²) in [4.78, 5) is 12.3. The molecule has 0 aliphatic rings. The predicted octanol–water partition coefficient (Wildman–Crippen LogP) is 5.12. The number of rotatable bonds is 4. The van der Waals surface area contributed by atoms with Crippen LogP contribution in [-0.2, 0) is 0 Å². The van der Waals surface area contributed by atoms with Crippen LogP contribution in [0.3, 0.4) is 0 Å². The van der Waals surface area contributed by atoms with Gasteiger partial charge in [-0.25, -0.2) is 0 Å². The molecule has 25 heavy (non-hydrogen) atoms. The van der Waals surface area contributed by atoms with Crippen molar-refractivity contribution in [2.45, 2.75) is 6.92 Å². The largest absolute Gasteiger partial charge is 0.508 e. The van der Waals surface area contributed by atoms with Crippen LogP contribution in [0.25, 0.3) is 12.2 Å². The molecule has 3 aromatic carbocycles. The Morgan fingerprint density at radius 3 is 2.24 bits per heavy atom. The lowest BCUT2D eigenvalue weighted by atomic mass is 10.1. The summed E-state index contributed by atoms with van der Waals surface area (Å²) in [6.07, 6.45) is 3.94. The van der Waals surface area contributed by atoms with Crippen LogP contribution >= 0.6 is 0 Å². The van der Waals surface area contributed by atoms with Crippen molar-refractivity contribution in [1.82, 2.24) is 0 Å². The summed E-state index contributed by atoms with van der Waals surface area (Å²) in [6, 6.07) is 22.1. The molecular weight excluding hydrogens is 310 g/mol. The molecule has 3 nitrogen and oxygen atoms in total. The number of carbonyl (C=O) groups excluding carboxylic acids is 1. The van der Waals surface area contributed by atoms with Gasteiger partial charge in [0.15, 0.2) is 0 Å². The molecule has 0 bridgehead atoms. The molecule has 0 radical (unpaired) electrons. The highest BCUT2D eigenvalue weighted by Crippen LogP contribution is 2.20. The number of amides is 1. The third kappa shape index (κ3) is 4.36. The fourth-order valence-electron chi connectivity index (χ4n) is 2.44. The van der Waals surface area contributed by atoms with Gasteiger partial charge in [0.05, 0.1) is 0 Å². The molecule has 0 unspecified atom stereocenters. The number of carbonyl (C=O) groups is 1. The molecule has 0 heterocycles. The highest BCUT2D eigenvalue weighted by Gasteiger charge is 2.07. The standard InChI is InChI=1S/C22H19NO2/c1-16-7-8-18(10-9-17-11-13-20(24)14-12-17)15-21(16)23-22(25)19-5-3-2-4-6-19/h2-15,24H,1H3,(H,23,25)/b10-9+. The van der Waals surface area contributed by atoms with Crippen LogP contribution in [0.5, 0.6) is 5.75 Å². The Hall–Kier alpha value is -3.33. The lowest BCUT2D eigenvalue weighted by Crippen LogP contribution is -2.12. The first-order valence-electron chi connectivity index (χ1n) is 8.06. The van der Waals surface area contributed by atoms with Crippen LogP contribution in [0.15, 0.2) is 72.8 Å². The van der Waals surface area contributed by atoms with Crippen LogP contribution in [0.1, 0.15) is 27.0 Å². The molecule has 3 rings (SSSR count). The zero-order valence-electron chi connectivity index (χ0n) is 13.9. The van der Waals surface area contributed by atoms with Crippen molar-refractivity contribution < 1.29 is 9.90 Å². The predicted molar refractivity (Wildman–Crippen MR) is 103 cm³/mol. The number of aryl methyl sites for hydroxylation is 1. The Balaban J connectivity index is 1.78. The summed E-state index contributed by atoms with van der Waals surface area (Å²) in [5.74, 6) is 0.127. The minimum absolute atomic E-state index is 0.122. The van der Waals surface area contributed by atoms with Crippen molar-refractivity contribution in [3.8, 4) is 5.75 Å². The average molecular weight is 329 g/mol. The molecule has 0 spiro atoms.